The van der Waals surface area contributed by atoms with Crippen molar-refractivity contribution in [1.82, 2.24) is 0 Å². The molecule has 0 spiro atoms. The number of aromatic hydroxyl groups is 1. The Morgan fingerprint density at radius 3 is 2.23 bits per heavy atom. The van der Waals surface area contributed by atoms with Gasteiger partial charge in [0.1, 0.15) is 17.2 Å². The van der Waals surface area contributed by atoms with Crippen molar-refractivity contribution in [3.8, 4) is 34.5 Å². The number of carbonyl (C=O) groups excluding carboxylic acids is 2. The van der Waals surface area contributed by atoms with Crippen molar-refractivity contribution in [2.24, 2.45) is 0 Å². The van der Waals surface area contributed by atoms with Crippen LogP contribution >= 0.6 is 0 Å². The van der Waals surface area contributed by atoms with Gasteiger partial charge in [-0.3, -0.25) is 9.59 Å². The molecular formula is C27H22O8. The van der Waals surface area contributed by atoms with Gasteiger partial charge in [0.15, 0.2) is 17.3 Å². The fourth-order valence-electron chi connectivity index (χ4n) is 4.36. The lowest BCUT2D eigenvalue weighted by atomic mass is 9.84. The molecule has 2 heterocycles. The van der Waals surface area contributed by atoms with Gasteiger partial charge < -0.3 is 28.8 Å². The van der Waals surface area contributed by atoms with Crippen molar-refractivity contribution in [3.63, 3.8) is 0 Å². The van der Waals surface area contributed by atoms with E-state index in [9.17, 15) is 14.7 Å². The minimum absolute atomic E-state index is 0.00954. The Morgan fingerprint density at radius 1 is 0.914 bits per heavy atom. The summed E-state index contributed by atoms with van der Waals surface area (Å²) in [4.78, 5) is 25.6. The fourth-order valence-corrected chi connectivity index (χ4v) is 4.36. The molecule has 2 aliphatic heterocycles. The molecule has 178 valence electrons. The third kappa shape index (κ3) is 3.82. The number of phenols is 1. The average molecular weight is 474 g/mol. The molecule has 8 heteroatoms. The number of allylic oxidation sites excluding steroid dienone is 1. The first-order valence-corrected chi connectivity index (χ1v) is 10.8. The first-order valence-electron chi connectivity index (χ1n) is 10.8. The van der Waals surface area contributed by atoms with Crippen LogP contribution in [0.25, 0.3) is 6.08 Å². The van der Waals surface area contributed by atoms with Crippen LogP contribution in [0.2, 0.25) is 0 Å². The van der Waals surface area contributed by atoms with E-state index in [1.807, 2.05) is 12.1 Å². The molecule has 3 aromatic carbocycles. The third-order valence-electron chi connectivity index (χ3n) is 6.10. The maximum Gasteiger partial charge on any atom is 0.312 e. The second-order valence-corrected chi connectivity index (χ2v) is 8.07. The van der Waals surface area contributed by atoms with Crippen LogP contribution < -0.4 is 23.7 Å². The SMILES string of the molecule is COc1ccc(/C=C2/Oc3c(ccc4c3[C@H](c3cc(OC)c(O)c(OC)c3)CC(=O)O4)C2=O)cc1. The van der Waals surface area contributed by atoms with Gasteiger partial charge in [0.05, 0.1) is 33.3 Å². The van der Waals surface area contributed by atoms with Crippen LogP contribution in [0.1, 0.15) is 39.4 Å². The number of benzene rings is 3. The van der Waals surface area contributed by atoms with Crippen LogP contribution in [0.5, 0.6) is 34.5 Å². The number of hydrogen-bond acceptors (Lipinski definition) is 8. The van der Waals surface area contributed by atoms with Crippen LogP contribution in [0.3, 0.4) is 0 Å². The van der Waals surface area contributed by atoms with E-state index in [1.165, 1.54) is 14.2 Å². The van der Waals surface area contributed by atoms with E-state index in [0.29, 0.717) is 33.9 Å². The van der Waals surface area contributed by atoms with Gasteiger partial charge in [0.25, 0.3) is 0 Å². The summed E-state index contributed by atoms with van der Waals surface area (Å²) in [7, 11) is 4.44. The number of fused-ring (bicyclic) bond motifs is 3. The van der Waals surface area contributed by atoms with Crippen molar-refractivity contribution in [2.45, 2.75) is 12.3 Å². The van der Waals surface area contributed by atoms with E-state index in [-0.39, 0.29) is 35.2 Å². The topological polar surface area (TPSA) is 101 Å². The quantitative estimate of drug-likeness (QED) is 0.328. The molecule has 0 saturated carbocycles. The van der Waals surface area contributed by atoms with Crippen molar-refractivity contribution in [2.75, 3.05) is 21.3 Å². The number of esters is 1. The number of ketones is 1. The lowest BCUT2D eigenvalue weighted by Crippen LogP contribution is -2.21. The summed E-state index contributed by atoms with van der Waals surface area (Å²) in [5.41, 5.74) is 2.37. The van der Waals surface area contributed by atoms with Gasteiger partial charge in [-0.15, -0.1) is 0 Å². The van der Waals surface area contributed by atoms with E-state index >= 15 is 0 Å². The number of carbonyl (C=O) groups is 2. The van der Waals surface area contributed by atoms with Gasteiger partial charge in [-0.2, -0.15) is 0 Å². The minimum atomic E-state index is -0.516. The molecule has 0 bridgehead atoms. The highest BCUT2D eigenvalue weighted by Gasteiger charge is 2.39. The first-order chi connectivity index (χ1) is 16.9. The zero-order chi connectivity index (χ0) is 24.7. The lowest BCUT2D eigenvalue weighted by Gasteiger charge is -2.27. The second-order valence-electron chi connectivity index (χ2n) is 8.07. The van der Waals surface area contributed by atoms with Crippen molar-refractivity contribution in [3.05, 3.63) is 76.5 Å². The summed E-state index contributed by atoms with van der Waals surface area (Å²) < 4.78 is 27.3. The van der Waals surface area contributed by atoms with Gasteiger partial charge in [0.2, 0.25) is 11.5 Å². The van der Waals surface area contributed by atoms with Crippen molar-refractivity contribution in [1.29, 1.82) is 0 Å². The molecule has 0 saturated heterocycles. The summed E-state index contributed by atoms with van der Waals surface area (Å²) in [6.45, 7) is 0. The van der Waals surface area contributed by atoms with Gasteiger partial charge in [0, 0.05) is 11.5 Å². The molecular weight excluding hydrogens is 452 g/mol. The molecule has 8 nitrogen and oxygen atoms in total. The van der Waals surface area contributed by atoms with E-state index in [0.717, 1.165) is 5.56 Å². The van der Waals surface area contributed by atoms with Gasteiger partial charge >= 0.3 is 5.97 Å². The van der Waals surface area contributed by atoms with Gasteiger partial charge in [-0.1, -0.05) is 12.1 Å². The molecule has 5 rings (SSSR count). The smallest absolute Gasteiger partial charge is 0.312 e. The lowest BCUT2D eigenvalue weighted by molar-refractivity contribution is -0.135. The van der Waals surface area contributed by atoms with Crippen LogP contribution in [-0.2, 0) is 4.79 Å². The molecule has 0 amide bonds. The standard InChI is InChI=1S/C27H22O8/c1-31-16-6-4-14(5-7-16)10-22-25(29)17-8-9-19-24(27(17)35-22)18(13-23(28)34-19)15-11-20(32-2)26(30)21(12-15)33-3/h4-12,18,30H,13H2,1-3H3/b22-10+/t18-/m0/s1. The number of rotatable bonds is 5. The molecule has 0 aliphatic carbocycles. The number of methoxy groups -OCH3 is 3. The molecule has 1 N–H and O–H groups in total. The van der Waals surface area contributed by atoms with E-state index < -0.39 is 11.9 Å². The maximum absolute atomic E-state index is 13.2. The Bertz CT molecular complexity index is 1350. The highest BCUT2D eigenvalue weighted by atomic mass is 16.5. The Morgan fingerprint density at radius 2 is 1.60 bits per heavy atom. The first kappa shape index (κ1) is 22.3. The Hall–Kier alpha value is -4.46. The number of ether oxygens (including phenoxy) is 5. The monoisotopic (exact) mass is 474 g/mol. The summed E-state index contributed by atoms with van der Waals surface area (Å²) >= 11 is 0. The van der Waals surface area contributed by atoms with Crippen LogP contribution in [-0.4, -0.2) is 38.2 Å². The summed E-state index contributed by atoms with van der Waals surface area (Å²) in [6.07, 6.45) is 1.67. The van der Waals surface area contributed by atoms with Crippen LogP contribution in [0.4, 0.5) is 0 Å². The van der Waals surface area contributed by atoms with Crippen molar-refractivity contribution < 1.29 is 38.4 Å². The summed E-state index contributed by atoms with van der Waals surface area (Å²) in [5, 5.41) is 10.3. The van der Waals surface area contributed by atoms with Crippen LogP contribution in [0, 0.1) is 0 Å². The highest BCUT2D eigenvalue weighted by molar-refractivity contribution is 6.15. The van der Waals surface area contributed by atoms with Crippen molar-refractivity contribution >= 4 is 17.8 Å². The number of phenolic OH excluding ortho intramolecular Hbond substituents is 1. The predicted octanol–water partition coefficient (Wildman–Crippen LogP) is 4.48. The maximum atomic E-state index is 13.2. The normalized spacial score (nSPS) is 17.3. The largest absolute Gasteiger partial charge is 0.502 e. The summed E-state index contributed by atoms with van der Waals surface area (Å²) in [6, 6.07) is 13.7. The Kier molecular flexibility index (Phi) is 5.56. The zero-order valence-electron chi connectivity index (χ0n) is 19.3. The Balaban J connectivity index is 1.61. The zero-order valence-corrected chi connectivity index (χ0v) is 19.3. The molecule has 0 radical (unpaired) electrons. The van der Waals surface area contributed by atoms with E-state index in [1.54, 1.807) is 49.6 Å². The third-order valence-corrected chi connectivity index (χ3v) is 6.10. The fraction of sp³-hybridized carbons (Fsp3) is 0.185. The second kappa shape index (κ2) is 8.72. The summed E-state index contributed by atoms with van der Waals surface area (Å²) in [5.74, 6) is 0.563. The molecule has 0 unspecified atom stereocenters. The molecule has 35 heavy (non-hydrogen) atoms. The average Bonchev–Trinajstić information content (AvgIpc) is 3.19. The number of Topliss-reactive ketones (excluding diaryl/α,β-unsaturated/α-hetero) is 1. The molecule has 3 aromatic rings. The van der Waals surface area contributed by atoms with Crippen LogP contribution in [0.15, 0.2) is 54.3 Å². The predicted molar refractivity (Wildman–Crippen MR) is 126 cm³/mol. The molecule has 2 aliphatic rings. The highest BCUT2D eigenvalue weighted by Crippen LogP contribution is 2.51. The minimum Gasteiger partial charge on any atom is -0.502 e. The molecule has 1 atom stereocenters. The van der Waals surface area contributed by atoms with E-state index in [2.05, 4.69) is 0 Å². The Labute approximate surface area is 201 Å². The van der Waals surface area contributed by atoms with Gasteiger partial charge in [-0.25, -0.2) is 0 Å². The number of hydrogen-bond donors (Lipinski definition) is 1. The molecule has 0 aromatic heterocycles. The van der Waals surface area contributed by atoms with E-state index in [4.69, 9.17) is 23.7 Å². The van der Waals surface area contributed by atoms with Gasteiger partial charge in [-0.05, 0) is 53.6 Å². The molecule has 0 fully saturated rings.